The summed E-state index contributed by atoms with van der Waals surface area (Å²) in [5, 5.41) is 1.18. The van der Waals surface area contributed by atoms with Crippen LogP contribution < -0.4 is 4.90 Å². The molecule has 6 heteroatoms. The lowest BCUT2D eigenvalue weighted by Gasteiger charge is -2.33. The summed E-state index contributed by atoms with van der Waals surface area (Å²) in [6.45, 7) is 11.7. The number of fused-ring (bicyclic) bond motifs is 1. The monoisotopic (exact) mass is 446 g/mol. The van der Waals surface area contributed by atoms with E-state index < -0.39 is 0 Å². The molecule has 5 rings (SSSR count). The summed E-state index contributed by atoms with van der Waals surface area (Å²) in [7, 11) is 0. The molecule has 2 saturated heterocycles. The van der Waals surface area contributed by atoms with Crippen molar-refractivity contribution in [1.82, 2.24) is 14.8 Å². The van der Waals surface area contributed by atoms with E-state index in [1.807, 2.05) is 6.07 Å². The van der Waals surface area contributed by atoms with E-state index in [0.29, 0.717) is 0 Å². The molecule has 174 valence electrons. The van der Waals surface area contributed by atoms with Gasteiger partial charge in [0.2, 0.25) is 0 Å². The predicted molar refractivity (Wildman–Crippen MR) is 134 cm³/mol. The molecule has 0 amide bonds. The predicted octanol–water partition coefficient (Wildman–Crippen LogP) is 3.37. The van der Waals surface area contributed by atoms with E-state index in [-0.39, 0.29) is 0 Å². The molecule has 3 heterocycles. The normalized spacial score (nSPS) is 17.9. The number of nitrogens with zero attached hydrogens (tertiary/aromatic N) is 4. The second kappa shape index (κ2) is 11.1. The Kier molecular flexibility index (Phi) is 7.48. The van der Waals surface area contributed by atoms with Crippen LogP contribution in [0.1, 0.15) is 0 Å². The largest absolute Gasteiger partial charge is 0.379 e. The van der Waals surface area contributed by atoms with Gasteiger partial charge in [0.25, 0.3) is 0 Å². The van der Waals surface area contributed by atoms with Crippen LogP contribution in [0.5, 0.6) is 0 Å². The Hall–Kier alpha value is -2.51. The SMILES string of the molecule is c1ccc2nc(-c3ccc(N(CCN4CCOCC4)CCN4CCOCC4)cc3)ccc2c1. The highest BCUT2D eigenvalue weighted by atomic mass is 16.5. The lowest BCUT2D eigenvalue weighted by Crippen LogP contribution is -2.45. The quantitative estimate of drug-likeness (QED) is 0.529. The van der Waals surface area contributed by atoms with E-state index in [0.717, 1.165) is 95.6 Å². The molecule has 0 bridgehead atoms. The topological polar surface area (TPSA) is 41.1 Å². The molecule has 0 radical (unpaired) electrons. The van der Waals surface area contributed by atoms with Crippen molar-refractivity contribution < 1.29 is 9.47 Å². The minimum atomic E-state index is 0.848. The first kappa shape index (κ1) is 22.3. The van der Waals surface area contributed by atoms with Gasteiger partial charge in [-0.1, -0.05) is 36.4 Å². The van der Waals surface area contributed by atoms with Gasteiger partial charge in [-0.25, -0.2) is 4.98 Å². The molecular formula is C27H34N4O2. The second-order valence-corrected chi connectivity index (χ2v) is 8.83. The molecule has 0 saturated carbocycles. The highest BCUT2D eigenvalue weighted by Gasteiger charge is 2.16. The molecule has 0 N–H and O–H groups in total. The van der Waals surface area contributed by atoms with Crippen LogP contribution >= 0.6 is 0 Å². The van der Waals surface area contributed by atoms with Gasteiger partial charge < -0.3 is 14.4 Å². The van der Waals surface area contributed by atoms with Gasteiger partial charge in [0, 0.05) is 69.0 Å². The summed E-state index contributed by atoms with van der Waals surface area (Å²) in [5.41, 5.74) is 4.50. The molecule has 6 nitrogen and oxygen atoms in total. The number of benzene rings is 2. The number of rotatable bonds is 8. The van der Waals surface area contributed by atoms with Crippen molar-refractivity contribution in [2.24, 2.45) is 0 Å². The fourth-order valence-corrected chi connectivity index (χ4v) is 4.61. The van der Waals surface area contributed by atoms with Crippen molar-refractivity contribution in [2.45, 2.75) is 0 Å². The Morgan fingerprint density at radius 2 is 1.30 bits per heavy atom. The zero-order valence-electron chi connectivity index (χ0n) is 19.4. The summed E-state index contributed by atoms with van der Waals surface area (Å²) in [6.07, 6.45) is 0. The molecule has 2 aliphatic rings. The average Bonchev–Trinajstić information content (AvgIpc) is 2.90. The first-order valence-corrected chi connectivity index (χ1v) is 12.2. The number of aromatic nitrogens is 1. The first-order chi connectivity index (χ1) is 16.3. The summed E-state index contributed by atoms with van der Waals surface area (Å²) >= 11 is 0. The van der Waals surface area contributed by atoms with Gasteiger partial charge in [0.15, 0.2) is 0 Å². The molecule has 2 aliphatic heterocycles. The Morgan fingerprint density at radius 3 is 1.94 bits per heavy atom. The van der Waals surface area contributed by atoms with Crippen molar-refractivity contribution >= 4 is 16.6 Å². The molecule has 3 aromatic rings. The molecule has 33 heavy (non-hydrogen) atoms. The fourth-order valence-electron chi connectivity index (χ4n) is 4.61. The van der Waals surface area contributed by atoms with Crippen LogP contribution in [0.3, 0.4) is 0 Å². The van der Waals surface area contributed by atoms with Crippen LogP contribution in [0.4, 0.5) is 5.69 Å². The Morgan fingerprint density at radius 1 is 0.697 bits per heavy atom. The molecule has 2 aromatic carbocycles. The van der Waals surface area contributed by atoms with E-state index in [4.69, 9.17) is 14.5 Å². The van der Waals surface area contributed by atoms with Crippen LogP contribution in [0.25, 0.3) is 22.2 Å². The zero-order chi connectivity index (χ0) is 22.3. The van der Waals surface area contributed by atoms with Gasteiger partial charge in [-0.3, -0.25) is 9.80 Å². The third kappa shape index (κ3) is 5.89. The Bertz CT molecular complexity index is 992. The Balaban J connectivity index is 1.29. The number of hydrogen-bond acceptors (Lipinski definition) is 6. The molecular weight excluding hydrogens is 412 g/mol. The fraction of sp³-hybridized carbons (Fsp3) is 0.444. The molecule has 0 unspecified atom stereocenters. The van der Waals surface area contributed by atoms with Crippen molar-refractivity contribution in [3.8, 4) is 11.3 Å². The van der Waals surface area contributed by atoms with E-state index in [1.165, 1.54) is 11.1 Å². The number of hydrogen-bond donors (Lipinski definition) is 0. The minimum absolute atomic E-state index is 0.848. The van der Waals surface area contributed by atoms with Gasteiger partial charge in [-0.15, -0.1) is 0 Å². The third-order valence-corrected chi connectivity index (χ3v) is 6.71. The summed E-state index contributed by atoms with van der Waals surface area (Å²) in [6, 6.07) is 21.5. The molecule has 0 atom stereocenters. The summed E-state index contributed by atoms with van der Waals surface area (Å²) < 4.78 is 11.0. The molecule has 0 aliphatic carbocycles. The van der Waals surface area contributed by atoms with E-state index in [1.54, 1.807) is 0 Å². The van der Waals surface area contributed by atoms with Gasteiger partial charge in [-0.05, 0) is 24.3 Å². The standard InChI is InChI=1S/C27H34N4O2/c1-2-4-26-23(3-1)7-10-27(28-26)24-5-8-25(9-6-24)31(13-11-29-15-19-32-20-16-29)14-12-30-17-21-33-22-18-30/h1-10H,11-22H2. The lowest BCUT2D eigenvalue weighted by atomic mass is 10.1. The van der Waals surface area contributed by atoms with Crippen molar-refractivity contribution in [1.29, 1.82) is 0 Å². The third-order valence-electron chi connectivity index (χ3n) is 6.71. The maximum atomic E-state index is 5.52. The van der Waals surface area contributed by atoms with Gasteiger partial charge >= 0.3 is 0 Å². The van der Waals surface area contributed by atoms with Gasteiger partial charge in [0.05, 0.1) is 37.6 Å². The lowest BCUT2D eigenvalue weighted by molar-refractivity contribution is 0.0368. The number of pyridine rings is 1. The van der Waals surface area contributed by atoms with E-state index in [2.05, 4.69) is 69.3 Å². The van der Waals surface area contributed by atoms with E-state index >= 15 is 0 Å². The van der Waals surface area contributed by atoms with Gasteiger partial charge in [0.1, 0.15) is 0 Å². The van der Waals surface area contributed by atoms with E-state index in [9.17, 15) is 0 Å². The maximum absolute atomic E-state index is 5.52. The van der Waals surface area contributed by atoms with Crippen LogP contribution in [-0.2, 0) is 9.47 Å². The van der Waals surface area contributed by atoms with Gasteiger partial charge in [-0.2, -0.15) is 0 Å². The van der Waals surface area contributed by atoms with Crippen LogP contribution in [0.2, 0.25) is 0 Å². The van der Waals surface area contributed by atoms with Crippen LogP contribution in [-0.4, -0.2) is 93.6 Å². The number of para-hydroxylation sites is 1. The maximum Gasteiger partial charge on any atom is 0.0709 e. The summed E-state index contributed by atoms with van der Waals surface area (Å²) in [5.74, 6) is 0. The average molecular weight is 447 g/mol. The number of ether oxygens (including phenoxy) is 2. The smallest absolute Gasteiger partial charge is 0.0709 e. The molecule has 1 aromatic heterocycles. The highest BCUT2D eigenvalue weighted by Crippen LogP contribution is 2.24. The van der Waals surface area contributed by atoms with Crippen LogP contribution in [0.15, 0.2) is 60.7 Å². The van der Waals surface area contributed by atoms with Crippen molar-refractivity contribution in [2.75, 3.05) is 83.7 Å². The highest BCUT2D eigenvalue weighted by molar-refractivity contribution is 5.81. The zero-order valence-corrected chi connectivity index (χ0v) is 19.4. The Labute approximate surface area is 196 Å². The number of morpholine rings is 2. The molecule has 2 fully saturated rings. The number of anilines is 1. The first-order valence-electron chi connectivity index (χ1n) is 12.2. The molecule has 0 spiro atoms. The summed E-state index contributed by atoms with van der Waals surface area (Å²) in [4.78, 5) is 12.4. The second-order valence-electron chi connectivity index (χ2n) is 8.83. The van der Waals surface area contributed by atoms with Crippen molar-refractivity contribution in [3.05, 3.63) is 60.7 Å². The minimum Gasteiger partial charge on any atom is -0.379 e. The van der Waals surface area contributed by atoms with Crippen molar-refractivity contribution in [3.63, 3.8) is 0 Å². The van der Waals surface area contributed by atoms with Crippen LogP contribution in [0, 0.1) is 0 Å².